The molecule has 162 valence electrons. The second-order valence-corrected chi connectivity index (χ2v) is 6.83. The van der Waals surface area contributed by atoms with Crippen molar-refractivity contribution in [3.05, 3.63) is 70.4 Å². The Balaban J connectivity index is 1.56. The van der Waals surface area contributed by atoms with E-state index in [0.29, 0.717) is 35.9 Å². The molecule has 0 radical (unpaired) electrons. The zero-order valence-corrected chi connectivity index (χ0v) is 17.1. The molecule has 31 heavy (non-hydrogen) atoms. The molecule has 0 saturated heterocycles. The minimum absolute atomic E-state index is 0.0541. The lowest BCUT2D eigenvalue weighted by atomic mass is 10.1. The summed E-state index contributed by atoms with van der Waals surface area (Å²) in [5.41, 5.74) is 4.46. The first-order valence-electron chi connectivity index (χ1n) is 9.97. The molecule has 1 heterocycles. The minimum atomic E-state index is -0.620. The number of nitrogens with one attached hydrogen (secondary N) is 2. The summed E-state index contributed by atoms with van der Waals surface area (Å²) in [5.74, 6) is -1.05. The lowest BCUT2D eigenvalue weighted by Gasteiger charge is -2.11. The van der Waals surface area contributed by atoms with Crippen molar-refractivity contribution in [2.75, 3.05) is 6.61 Å². The molecule has 0 atom stereocenters. The number of nitrogens with zero attached hydrogens (tertiary/aromatic N) is 2. The zero-order chi connectivity index (χ0) is 22.2. The molecule has 9 heteroatoms. The highest BCUT2D eigenvalue weighted by atomic mass is 19.1. The van der Waals surface area contributed by atoms with Gasteiger partial charge in [-0.05, 0) is 31.0 Å². The van der Waals surface area contributed by atoms with E-state index in [0.717, 1.165) is 0 Å². The van der Waals surface area contributed by atoms with Gasteiger partial charge in [0.25, 0.3) is 11.5 Å². The van der Waals surface area contributed by atoms with E-state index < -0.39 is 17.6 Å². The third-order valence-electron chi connectivity index (χ3n) is 4.45. The first kappa shape index (κ1) is 21.9. The zero-order valence-electron chi connectivity index (χ0n) is 17.1. The molecule has 0 fully saturated rings. The summed E-state index contributed by atoms with van der Waals surface area (Å²) in [7, 11) is 0. The third kappa shape index (κ3) is 5.65. The Morgan fingerprint density at radius 1 is 1.10 bits per heavy atom. The highest BCUT2D eigenvalue weighted by Gasteiger charge is 2.17. The number of aryl methyl sites for hydroxylation is 1. The van der Waals surface area contributed by atoms with E-state index in [1.54, 1.807) is 30.3 Å². The fourth-order valence-corrected chi connectivity index (χ4v) is 2.99. The second-order valence-electron chi connectivity index (χ2n) is 6.83. The van der Waals surface area contributed by atoms with Gasteiger partial charge in [-0.2, -0.15) is 5.10 Å². The van der Waals surface area contributed by atoms with E-state index in [1.165, 1.54) is 22.9 Å². The molecule has 2 N–H and O–H groups in total. The number of aromatic nitrogens is 2. The lowest BCUT2D eigenvalue weighted by Crippen LogP contribution is -2.42. The lowest BCUT2D eigenvalue weighted by molar-refractivity contribution is -0.122. The van der Waals surface area contributed by atoms with Crippen LogP contribution in [0.4, 0.5) is 4.39 Å². The van der Waals surface area contributed by atoms with Crippen LogP contribution in [0.25, 0.3) is 10.8 Å². The number of hydrazine groups is 1. The topological polar surface area (TPSA) is 102 Å². The van der Waals surface area contributed by atoms with Gasteiger partial charge in [-0.15, -0.1) is 0 Å². The largest absolute Gasteiger partial charge is 0.493 e. The summed E-state index contributed by atoms with van der Waals surface area (Å²) in [6.07, 6.45) is 1.15. The molecule has 2 amide bonds. The Kier molecular flexibility index (Phi) is 7.31. The summed E-state index contributed by atoms with van der Waals surface area (Å²) in [6.45, 7) is 2.50. The third-order valence-corrected chi connectivity index (χ3v) is 4.45. The van der Waals surface area contributed by atoms with Gasteiger partial charge in [-0.3, -0.25) is 25.2 Å². The molecule has 3 rings (SSSR count). The first-order valence-corrected chi connectivity index (χ1v) is 9.97. The summed E-state index contributed by atoms with van der Waals surface area (Å²) >= 11 is 0. The number of benzene rings is 2. The number of rotatable bonds is 8. The number of carbonyl (C=O) groups excluding carboxylic acids is 2. The molecule has 1 aromatic heterocycles. The van der Waals surface area contributed by atoms with Crippen molar-refractivity contribution < 1.29 is 18.7 Å². The van der Waals surface area contributed by atoms with Gasteiger partial charge in [0.15, 0.2) is 5.69 Å². The molecule has 0 aliphatic carbocycles. The van der Waals surface area contributed by atoms with Crippen LogP contribution in [0.3, 0.4) is 0 Å². The van der Waals surface area contributed by atoms with Gasteiger partial charge in [-0.1, -0.05) is 31.2 Å². The van der Waals surface area contributed by atoms with Gasteiger partial charge in [0, 0.05) is 24.4 Å². The van der Waals surface area contributed by atoms with Crippen LogP contribution in [0.2, 0.25) is 0 Å². The van der Waals surface area contributed by atoms with E-state index in [9.17, 15) is 18.8 Å². The van der Waals surface area contributed by atoms with Gasteiger partial charge in [-0.25, -0.2) is 9.07 Å². The molecular weight excluding hydrogens is 403 g/mol. The Morgan fingerprint density at radius 2 is 1.87 bits per heavy atom. The molecule has 3 aromatic rings. The van der Waals surface area contributed by atoms with Gasteiger partial charge in [0.05, 0.1) is 12.0 Å². The number of amides is 2. The number of halogens is 1. The molecule has 0 aliphatic heterocycles. The number of hydrogen-bond donors (Lipinski definition) is 2. The molecule has 0 aliphatic rings. The van der Waals surface area contributed by atoms with Crippen molar-refractivity contribution in [2.24, 2.45) is 0 Å². The standard InChI is InChI=1S/C22H23FN4O4/c1-2-12-27-22(30)18-10-4-3-9-17(18)20(26-27)21(29)25-24-19(28)11-6-13-31-16-8-5-7-15(23)14-16/h3-5,7-10,14H,2,6,11-13H2,1H3,(H,24,28)(H,25,29). The number of fused-ring (bicyclic) bond motifs is 1. The quantitative estimate of drug-likeness (QED) is 0.426. The minimum Gasteiger partial charge on any atom is -0.493 e. The highest BCUT2D eigenvalue weighted by molar-refractivity contribution is 6.05. The normalized spacial score (nSPS) is 10.6. The maximum Gasteiger partial charge on any atom is 0.290 e. The van der Waals surface area contributed by atoms with Gasteiger partial charge in [0.1, 0.15) is 11.6 Å². The maximum atomic E-state index is 13.1. The van der Waals surface area contributed by atoms with Crippen molar-refractivity contribution in [3.8, 4) is 5.75 Å². The average Bonchev–Trinajstić information content (AvgIpc) is 2.77. The Hall–Kier alpha value is -3.75. The van der Waals surface area contributed by atoms with Crippen molar-refractivity contribution >= 4 is 22.6 Å². The Bertz CT molecular complexity index is 1150. The van der Waals surface area contributed by atoms with Crippen LogP contribution in [0, 0.1) is 5.82 Å². The molecule has 2 aromatic carbocycles. The predicted molar refractivity (Wildman–Crippen MR) is 113 cm³/mol. The monoisotopic (exact) mass is 426 g/mol. The van der Waals surface area contributed by atoms with Crippen molar-refractivity contribution in [2.45, 2.75) is 32.7 Å². The summed E-state index contributed by atoms with van der Waals surface area (Å²) in [4.78, 5) is 37.1. The molecule has 0 saturated carbocycles. The molecule has 8 nitrogen and oxygen atoms in total. The van der Waals surface area contributed by atoms with Gasteiger partial charge in [0.2, 0.25) is 5.91 Å². The van der Waals surface area contributed by atoms with Crippen LogP contribution in [-0.4, -0.2) is 28.2 Å². The molecule has 0 spiro atoms. The average molecular weight is 426 g/mol. The first-order chi connectivity index (χ1) is 15.0. The Morgan fingerprint density at radius 3 is 2.61 bits per heavy atom. The van der Waals surface area contributed by atoms with Gasteiger partial charge < -0.3 is 4.74 Å². The van der Waals surface area contributed by atoms with Gasteiger partial charge >= 0.3 is 0 Å². The van der Waals surface area contributed by atoms with Crippen LogP contribution < -0.4 is 21.1 Å². The van der Waals surface area contributed by atoms with E-state index >= 15 is 0 Å². The summed E-state index contributed by atoms with van der Waals surface area (Å²) in [6, 6.07) is 12.4. The predicted octanol–water partition coefficient (Wildman–Crippen LogP) is 2.57. The Labute approximate surface area is 178 Å². The van der Waals surface area contributed by atoms with Crippen LogP contribution in [0.5, 0.6) is 5.75 Å². The van der Waals surface area contributed by atoms with Crippen molar-refractivity contribution in [1.82, 2.24) is 20.6 Å². The number of ether oxygens (including phenoxy) is 1. The maximum absolute atomic E-state index is 13.1. The van der Waals surface area contributed by atoms with Crippen LogP contribution in [0.15, 0.2) is 53.3 Å². The van der Waals surface area contributed by atoms with Crippen LogP contribution in [-0.2, 0) is 11.3 Å². The molecular formula is C22H23FN4O4. The number of carbonyl (C=O) groups is 2. The fraction of sp³-hybridized carbons (Fsp3) is 0.273. The highest BCUT2D eigenvalue weighted by Crippen LogP contribution is 2.14. The number of hydrogen-bond acceptors (Lipinski definition) is 5. The fourth-order valence-electron chi connectivity index (χ4n) is 2.99. The second kappa shape index (κ2) is 10.3. The van der Waals surface area contributed by atoms with Crippen molar-refractivity contribution in [1.29, 1.82) is 0 Å². The van der Waals surface area contributed by atoms with E-state index in [-0.39, 0.29) is 24.3 Å². The summed E-state index contributed by atoms with van der Waals surface area (Å²) < 4.78 is 19.7. The van der Waals surface area contributed by atoms with Crippen LogP contribution >= 0.6 is 0 Å². The van der Waals surface area contributed by atoms with E-state index in [4.69, 9.17) is 4.74 Å². The van der Waals surface area contributed by atoms with Crippen molar-refractivity contribution in [3.63, 3.8) is 0 Å². The summed E-state index contributed by atoms with van der Waals surface area (Å²) in [5, 5.41) is 4.97. The molecule has 0 bridgehead atoms. The van der Waals surface area contributed by atoms with E-state index in [1.807, 2.05) is 6.92 Å². The SMILES string of the molecule is CCCn1nc(C(=O)NNC(=O)CCCOc2cccc(F)c2)c2ccccc2c1=O. The van der Waals surface area contributed by atoms with Crippen LogP contribution in [0.1, 0.15) is 36.7 Å². The molecule has 0 unspecified atom stereocenters. The van der Waals surface area contributed by atoms with E-state index in [2.05, 4.69) is 16.0 Å². The smallest absolute Gasteiger partial charge is 0.290 e.